The van der Waals surface area contributed by atoms with Crippen LogP contribution in [0.3, 0.4) is 0 Å². The van der Waals surface area contributed by atoms with E-state index in [0.29, 0.717) is 12.3 Å². The van der Waals surface area contributed by atoms with Crippen LogP contribution in [-0.2, 0) is 4.79 Å². The minimum absolute atomic E-state index is 0.190. The Balaban J connectivity index is 4.33. The second-order valence-electron chi connectivity index (χ2n) is 3.90. The van der Waals surface area contributed by atoms with Crippen molar-refractivity contribution in [3.05, 3.63) is 0 Å². The molecule has 0 saturated carbocycles. The van der Waals surface area contributed by atoms with Crippen molar-refractivity contribution in [2.45, 2.75) is 27.2 Å². The van der Waals surface area contributed by atoms with Gasteiger partial charge in [-0.2, -0.15) is 0 Å². The summed E-state index contributed by atoms with van der Waals surface area (Å²) in [5.41, 5.74) is -0.761. The van der Waals surface area contributed by atoms with Crippen molar-refractivity contribution in [3.63, 3.8) is 0 Å². The van der Waals surface area contributed by atoms with Gasteiger partial charge in [0.15, 0.2) is 5.78 Å². The Morgan fingerprint density at radius 3 is 2.17 bits per heavy atom. The van der Waals surface area contributed by atoms with Crippen LogP contribution in [0.2, 0.25) is 0 Å². The van der Waals surface area contributed by atoms with Crippen LogP contribution >= 0.6 is 0 Å². The summed E-state index contributed by atoms with van der Waals surface area (Å²) in [5, 5.41) is 17.7. The van der Waals surface area contributed by atoms with Crippen LogP contribution < -0.4 is 0 Å². The van der Waals surface area contributed by atoms with Gasteiger partial charge in [0.25, 0.3) is 0 Å². The Bertz CT molecular complexity index is 154. The molecule has 0 rings (SSSR count). The quantitative estimate of drug-likeness (QED) is 0.641. The lowest BCUT2D eigenvalue weighted by Gasteiger charge is -2.26. The van der Waals surface area contributed by atoms with E-state index >= 15 is 0 Å². The smallest absolute Gasteiger partial charge is 0.166 e. The summed E-state index contributed by atoms with van der Waals surface area (Å²) in [7, 11) is 0. The number of aliphatic hydroxyl groups excluding tert-OH is 2. The Hall–Kier alpha value is -0.410. The van der Waals surface area contributed by atoms with E-state index in [1.807, 2.05) is 13.8 Å². The van der Waals surface area contributed by atoms with E-state index in [2.05, 4.69) is 0 Å². The largest absolute Gasteiger partial charge is 0.395 e. The summed E-state index contributed by atoms with van der Waals surface area (Å²) in [5.74, 6) is 0.0661. The Kier molecular flexibility index (Phi) is 4.42. The molecule has 0 spiro atoms. The van der Waals surface area contributed by atoms with E-state index in [-0.39, 0.29) is 12.4 Å². The highest BCUT2D eigenvalue weighted by molar-refractivity contribution is 5.85. The van der Waals surface area contributed by atoms with Gasteiger partial charge in [-0.05, 0) is 12.3 Å². The standard InChI is InChI=1S/C9H18O3/c1-7(2)4-9(3,6-11)8(12)5-10/h7,10-11H,4-6H2,1-3H3/t9-/m0/s1. The molecular weight excluding hydrogens is 156 g/mol. The van der Waals surface area contributed by atoms with Gasteiger partial charge in [0.1, 0.15) is 6.61 Å². The fourth-order valence-electron chi connectivity index (χ4n) is 1.36. The van der Waals surface area contributed by atoms with Crippen LogP contribution in [0.25, 0.3) is 0 Å². The lowest BCUT2D eigenvalue weighted by molar-refractivity contribution is -0.134. The normalized spacial score (nSPS) is 16.2. The third-order valence-electron chi connectivity index (χ3n) is 2.02. The minimum atomic E-state index is -0.761. The van der Waals surface area contributed by atoms with Crippen LogP contribution in [0.4, 0.5) is 0 Å². The maximum Gasteiger partial charge on any atom is 0.166 e. The fourth-order valence-corrected chi connectivity index (χ4v) is 1.36. The molecule has 0 unspecified atom stereocenters. The zero-order chi connectivity index (χ0) is 9.78. The first-order chi connectivity index (χ1) is 5.46. The van der Waals surface area contributed by atoms with Crippen LogP contribution in [0.15, 0.2) is 0 Å². The molecule has 0 fully saturated rings. The average molecular weight is 174 g/mol. The average Bonchev–Trinajstić information content (AvgIpc) is 2.01. The zero-order valence-electron chi connectivity index (χ0n) is 8.00. The highest BCUT2D eigenvalue weighted by atomic mass is 16.3. The molecular formula is C9H18O3. The first-order valence-electron chi connectivity index (χ1n) is 4.21. The van der Waals surface area contributed by atoms with E-state index < -0.39 is 12.0 Å². The highest BCUT2D eigenvalue weighted by Crippen LogP contribution is 2.26. The van der Waals surface area contributed by atoms with Gasteiger partial charge in [-0.1, -0.05) is 20.8 Å². The van der Waals surface area contributed by atoms with Crippen LogP contribution in [0, 0.1) is 11.3 Å². The van der Waals surface area contributed by atoms with Crippen molar-refractivity contribution in [1.29, 1.82) is 0 Å². The van der Waals surface area contributed by atoms with E-state index in [4.69, 9.17) is 10.2 Å². The van der Waals surface area contributed by atoms with Crippen molar-refractivity contribution >= 4 is 5.78 Å². The molecule has 0 saturated heterocycles. The molecule has 1 atom stereocenters. The predicted octanol–water partition coefficient (Wildman–Crippen LogP) is 0.593. The molecule has 0 aromatic carbocycles. The first kappa shape index (κ1) is 11.6. The molecule has 0 aromatic rings. The van der Waals surface area contributed by atoms with Gasteiger partial charge < -0.3 is 10.2 Å². The summed E-state index contributed by atoms with van der Waals surface area (Å²) in [6.45, 7) is 4.98. The second kappa shape index (κ2) is 4.58. The summed E-state index contributed by atoms with van der Waals surface area (Å²) in [6.07, 6.45) is 0.614. The van der Waals surface area contributed by atoms with Gasteiger partial charge in [0, 0.05) is 0 Å². The van der Waals surface area contributed by atoms with Gasteiger partial charge in [0.05, 0.1) is 12.0 Å². The lowest BCUT2D eigenvalue weighted by Crippen LogP contribution is -2.35. The molecule has 0 radical (unpaired) electrons. The van der Waals surface area contributed by atoms with Crippen molar-refractivity contribution in [2.24, 2.45) is 11.3 Å². The van der Waals surface area contributed by atoms with Gasteiger partial charge in [-0.25, -0.2) is 0 Å². The molecule has 0 amide bonds. The molecule has 0 aliphatic heterocycles. The Labute approximate surface area is 73.4 Å². The van der Waals surface area contributed by atoms with Crippen LogP contribution in [0.5, 0.6) is 0 Å². The first-order valence-corrected chi connectivity index (χ1v) is 4.21. The summed E-state index contributed by atoms with van der Waals surface area (Å²) in [6, 6.07) is 0. The number of hydrogen-bond acceptors (Lipinski definition) is 3. The third-order valence-corrected chi connectivity index (χ3v) is 2.02. The third kappa shape index (κ3) is 2.91. The summed E-state index contributed by atoms with van der Waals surface area (Å²) >= 11 is 0. The zero-order valence-corrected chi connectivity index (χ0v) is 8.00. The Morgan fingerprint density at radius 2 is 1.92 bits per heavy atom. The predicted molar refractivity (Wildman–Crippen MR) is 46.7 cm³/mol. The van der Waals surface area contributed by atoms with Crippen LogP contribution in [0.1, 0.15) is 27.2 Å². The Morgan fingerprint density at radius 1 is 1.42 bits per heavy atom. The molecule has 0 bridgehead atoms. The minimum Gasteiger partial charge on any atom is -0.395 e. The molecule has 0 aliphatic carbocycles. The number of carbonyl (C=O) groups excluding carboxylic acids is 1. The maximum absolute atomic E-state index is 11.2. The molecule has 3 nitrogen and oxygen atoms in total. The number of rotatable bonds is 5. The molecule has 0 aromatic heterocycles. The molecule has 12 heavy (non-hydrogen) atoms. The fraction of sp³-hybridized carbons (Fsp3) is 0.889. The van der Waals surface area contributed by atoms with E-state index in [0.717, 1.165) is 0 Å². The van der Waals surface area contributed by atoms with Crippen LogP contribution in [-0.4, -0.2) is 29.2 Å². The molecule has 0 heterocycles. The van der Waals surface area contributed by atoms with Crippen molar-refractivity contribution in [3.8, 4) is 0 Å². The SMILES string of the molecule is CC(C)C[C@@](C)(CO)C(=O)CO. The second-order valence-corrected chi connectivity index (χ2v) is 3.90. The number of ketones is 1. The number of hydrogen-bond donors (Lipinski definition) is 2. The van der Waals surface area contributed by atoms with Crippen molar-refractivity contribution in [1.82, 2.24) is 0 Å². The molecule has 3 heteroatoms. The van der Waals surface area contributed by atoms with Crippen molar-refractivity contribution in [2.75, 3.05) is 13.2 Å². The van der Waals surface area contributed by atoms with Gasteiger partial charge in [-0.15, -0.1) is 0 Å². The number of Topliss-reactive ketones (excluding diaryl/α,β-unsaturated/α-hetero) is 1. The molecule has 2 N–H and O–H groups in total. The highest BCUT2D eigenvalue weighted by Gasteiger charge is 2.32. The maximum atomic E-state index is 11.2. The molecule has 0 aliphatic rings. The summed E-state index contributed by atoms with van der Waals surface area (Å²) in [4.78, 5) is 11.2. The van der Waals surface area contributed by atoms with Gasteiger partial charge in [0.2, 0.25) is 0 Å². The summed E-state index contributed by atoms with van der Waals surface area (Å²) < 4.78 is 0. The van der Waals surface area contributed by atoms with Crippen molar-refractivity contribution < 1.29 is 15.0 Å². The number of aliphatic hydroxyl groups is 2. The monoisotopic (exact) mass is 174 g/mol. The van der Waals surface area contributed by atoms with Gasteiger partial charge >= 0.3 is 0 Å². The van der Waals surface area contributed by atoms with E-state index in [1.165, 1.54) is 0 Å². The van der Waals surface area contributed by atoms with Gasteiger partial charge in [-0.3, -0.25) is 4.79 Å². The lowest BCUT2D eigenvalue weighted by atomic mass is 9.79. The van der Waals surface area contributed by atoms with E-state index in [1.54, 1.807) is 6.92 Å². The van der Waals surface area contributed by atoms with E-state index in [9.17, 15) is 4.79 Å². The number of carbonyl (C=O) groups is 1. The molecule has 72 valence electrons. The topological polar surface area (TPSA) is 57.5 Å².